The molecule has 0 radical (unpaired) electrons. The van der Waals surface area contributed by atoms with E-state index in [0.717, 1.165) is 13.1 Å². The number of nitrogens with one attached hydrogen (secondary N) is 1. The van der Waals surface area contributed by atoms with Crippen LogP contribution in [0, 0.1) is 12.3 Å². The van der Waals surface area contributed by atoms with Gasteiger partial charge in [0, 0.05) is 12.6 Å². The molecule has 0 amide bonds. The fourth-order valence-corrected chi connectivity index (χ4v) is 2.76. The number of likely N-dealkylation sites (tertiary alicyclic amines) is 1. The maximum Gasteiger partial charge on any atom is 0.292 e. The van der Waals surface area contributed by atoms with Crippen molar-refractivity contribution in [1.29, 1.82) is 0 Å². The molecule has 1 saturated heterocycles. The summed E-state index contributed by atoms with van der Waals surface area (Å²) in [6.45, 7) is 5.22. The van der Waals surface area contributed by atoms with Gasteiger partial charge < -0.3 is 5.32 Å². The summed E-state index contributed by atoms with van der Waals surface area (Å²) < 4.78 is 1.24. The molecule has 0 aromatic carbocycles. The highest BCUT2D eigenvalue weighted by Crippen LogP contribution is 2.16. The van der Waals surface area contributed by atoms with Gasteiger partial charge in [-0.15, -0.1) is 6.42 Å². The number of aromatic nitrogens is 2. The Morgan fingerprint density at radius 1 is 1.48 bits per heavy atom. The van der Waals surface area contributed by atoms with Crippen molar-refractivity contribution in [3.63, 3.8) is 0 Å². The molecular weight excluding hydrogens is 288 g/mol. The second-order valence-corrected chi connectivity index (χ2v) is 5.77. The van der Waals surface area contributed by atoms with Crippen LogP contribution in [-0.2, 0) is 6.54 Å². The second-order valence-electron chi connectivity index (χ2n) is 5.36. The maximum atomic E-state index is 12.2. The van der Waals surface area contributed by atoms with Gasteiger partial charge in [0.1, 0.15) is 12.2 Å². The van der Waals surface area contributed by atoms with Gasteiger partial charge >= 0.3 is 0 Å². The third kappa shape index (κ3) is 3.99. The molecule has 1 aliphatic heterocycles. The van der Waals surface area contributed by atoms with E-state index >= 15 is 0 Å². The van der Waals surface area contributed by atoms with Crippen LogP contribution in [0.4, 0.5) is 5.69 Å². The molecule has 5 nitrogen and oxygen atoms in total. The first kappa shape index (κ1) is 15.9. The smallest absolute Gasteiger partial charge is 0.292 e. The average Bonchev–Trinajstić information content (AvgIpc) is 2.51. The van der Waals surface area contributed by atoms with Gasteiger partial charge in [-0.2, -0.15) is 5.10 Å². The number of hydrogen-bond donors (Lipinski definition) is 1. The lowest BCUT2D eigenvalue weighted by atomic mass is 10.1. The monoisotopic (exact) mass is 308 g/mol. The number of piperidine rings is 1. The topological polar surface area (TPSA) is 50.2 Å². The largest absolute Gasteiger partial charge is 0.378 e. The predicted molar refractivity (Wildman–Crippen MR) is 85.7 cm³/mol. The number of anilines is 1. The van der Waals surface area contributed by atoms with E-state index in [1.54, 1.807) is 0 Å². The van der Waals surface area contributed by atoms with Crippen molar-refractivity contribution in [1.82, 2.24) is 14.7 Å². The van der Waals surface area contributed by atoms with Crippen molar-refractivity contribution in [3.8, 4) is 12.3 Å². The van der Waals surface area contributed by atoms with Crippen molar-refractivity contribution >= 4 is 17.3 Å². The molecule has 1 unspecified atom stereocenters. The van der Waals surface area contributed by atoms with Crippen LogP contribution in [0.1, 0.15) is 26.2 Å². The van der Waals surface area contributed by atoms with Crippen molar-refractivity contribution < 1.29 is 0 Å². The molecule has 6 heteroatoms. The van der Waals surface area contributed by atoms with Gasteiger partial charge in [-0.25, -0.2) is 4.68 Å². The first-order valence-electron chi connectivity index (χ1n) is 7.30. The molecule has 0 saturated carbocycles. The highest BCUT2D eigenvalue weighted by Gasteiger charge is 2.17. The number of halogens is 1. The Morgan fingerprint density at radius 3 is 2.86 bits per heavy atom. The van der Waals surface area contributed by atoms with Crippen molar-refractivity contribution in [2.45, 2.75) is 38.8 Å². The fourth-order valence-electron chi connectivity index (χ4n) is 2.57. The Balaban J connectivity index is 2.04. The van der Waals surface area contributed by atoms with Crippen LogP contribution in [-0.4, -0.2) is 40.4 Å². The Bertz CT molecular complexity index is 572. The predicted octanol–water partition coefficient (Wildman–Crippen LogP) is 1.82. The zero-order valence-electron chi connectivity index (χ0n) is 12.3. The normalized spacial score (nSPS) is 17.2. The van der Waals surface area contributed by atoms with E-state index in [9.17, 15) is 4.79 Å². The maximum absolute atomic E-state index is 12.2. The molecule has 1 aliphatic rings. The molecule has 1 aromatic rings. The third-order valence-electron chi connectivity index (χ3n) is 3.83. The Hall–Kier alpha value is -1.51. The fraction of sp³-hybridized carbons (Fsp3) is 0.600. The minimum absolute atomic E-state index is 0.145. The molecule has 2 heterocycles. The molecule has 21 heavy (non-hydrogen) atoms. The average molecular weight is 309 g/mol. The summed E-state index contributed by atoms with van der Waals surface area (Å²) >= 11 is 6.07. The molecule has 0 aliphatic carbocycles. The summed E-state index contributed by atoms with van der Waals surface area (Å²) in [5.41, 5.74) is 0.108. The van der Waals surface area contributed by atoms with Crippen LogP contribution in [0.25, 0.3) is 0 Å². The highest BCUT2D eigenvalue weighted by molar-refractivity contribution is 6.32. The second kappa shape index (κ2) is 7.48. The standard InChI is InChI=1S/C15H21ClN4O/c1-3-7-20-15(21)14(13(16)11-18-20)17-10-12(2)19-8-5-4-6-9-19/h1,11-12,17H,4-10H2,2H3. The third-order valence-corrected chi connectivity index (χ3v) is 4.11. The molecule has 1 N–H and O–H groups in total. The van der Waals surface area contributed by atoms with E-state index in [2.05, 4.69) is 28.2 Å². The molecule has 0 bridgehead atoms. The zero-order valence-corrected chi connectivity index (χ0v) is 13.1. The van der Waals surface area contributed by atoms with Gasteiger partial charge in [0.05, 0.1) is 11.2 Å². The Labute approximate surface area is 130 Å². The quantitative estimate of drug-likeness (QED) is 0.843. The molecular formula is C15H21ClN4O. The van der Waals surface area contributed by atoms with E-state index < -0.39 is 0 Å². The number of rotatable bonds is 5. The molecule has 114 valence electrons. The van der Waals surface area contributed by atoms with Gasteiger partial charge in [-0.05, 0) is 32.9 Å². The highest BCUT2D eigenvalue weighted by atomic mass is 35.5. The minimum atomic E-state index is -0.272. The minimum Gasteiger partial charge on any atom is -0.378 e. The van der Waals surface area contributed by atoms with Gasteiger partial charge in [-0.1, -0.05) is 23.9 Å². The number of terminal acetylenes is 1. The van der Waals surface area contributed by atoms with E-state index in [-0.39, 0.29) is 12.1 Å². The van der Waals surface area contributed by atoms with Crippen LogP contribution in [0.2, 0.25) is 5.02 Å². The molecule has 1 fully saturated rings. The molecule has 1 atom stereocenters. The lowest BCUT2D eigenvalue weighted by Crippen LogP contribution is -2.41. The molecule has 0 spiro atoms. The van der Waals surface area contributed by atoms with Gasteiger partial charge in [-0.3, -0.25) is 9.69 Å². The Kier molecular flexibility index (Phi) is 5.66. The first-order chi connectivity index (χ1) is 10.1. The molecule has 2 rings (SSSR count). The summed E-state index contributed by atoms with van der Waals surface area (Å²) in [6, 6.07) is 0.356. The van der Waals surface area contributed by atoms with E-state index in [0.29, 0.717) is 23.3 Å². The van der Waals surface area contributed by atoms with E-state index in [1.165, 1.54) is 30.1 Å². The summed E-state index contributed by atoms with van der Waals surface area (Å²) in [5, 5.41) is 7.42. The lowest BCUT2D eigenvalue weighted by molar-refractivity contribution is 0.180. The summed E-state index contributed by atoms with van der Waals surface area (Å²) in [7, 11) is 0. The van der Waals surface area contributed by atoms with Gasteiger partial charge in [0.15, 0.2) is 0 Å². The van der Waals surface area contributed by atoms with Crippen LogP contribution < -0.4 is 10.9 Å². The van der Waals surface area contributed by atoms with Crippen molar-refractivity contribution in [3.05, 3.63) is 21.6 Å². The first-order valence-corrected chi connectivity index (χ1v) is 7.68. The van der Waals surface area contributed by atoms with E-state index in [4.69, 9.17) is 18.0 Å². The zero-order chi connectivity index (χ0) is 15.2. The van der Waals surface area contributed by atoms with Gasteiger partial charge in [0.2, 0.25) is 0 Å². The summed E-state index contributed by atoms with van der Waals surface area (Å²) in [5.74, 6) is 2.41. The van der Waals surface area contributed by atoms with Crippen molar-refractivity contribution in [2.24, 2.45) is 0 Å². The van der Waals surface area contributed by atoms with Crippen LogP contribution in [0.5, 0.6) is 0 Å². The SMILES string of the molecule is C#CCn1ncc(Cl)c(NCC(C)N2CCCCC2)c1=O. The Morgan fingerprint density at radius 2 is 2.19 bits per heavy atom. The van der Waals surface area contributed by atoms with Crippen LogP contribution in [0.15, 0.2) is 11.0 Å². The lowest BCUT2D eigenvalue weighted by Gasteiger charge is -2.32. The number of nitrogens with zero attached hydrogens (tertiary/aromatic N) is 3. The van der Waals surface area contributed by atoms with E-state index in [1.807, 2.05) is 0 Å². The number of hydrogen-bond acceptors (Lipinski definition) is 4. The molecule has 1 aromatic heterocycles. The summed E-state index contributed by atoms with van der Waals surface area (Å²) in [4.78, 5) is 14.6. The van der Waals surface area contributed by atoms with Crippen molar-refractivity contribution in [2.75, 3.05) is 25.0 Å². The van der Waals surface area contributed by atoms with Gasteiger partial charge in [0.25, 0.3) is 5.56 Å². The summed E-state index contributed by atoms with van der Waals surface area (Å²) in [6.07, 6.45) is 10.5. The van der Waals surface area contributed by atoms with Crippen LogP contribution >= 0.6 is 11.6 Å². The van der Waals surface area contributed by atoms with Crippen LogP contribution in [0.3, 0.4) is 0 Å².